The highest BCUT2D eigenvalue weighted by Gasteiger charge is 1.99. The Morgan fingerprint density at radius 3 is 2.50 bits per heavy atom. The van der Waals surface area contributed by atoms with Crippen LogP contribution in [0, 0.1) is 0 Å². The van der Waals surface area contributed by atoms with Gasteiger partial charge in [-0.15, -0.1) is 0 Å². The fourth-order valence-corrected chi connectivity index (χ4v) is 1.36. The summed E-state index contributed by atoms with van der Waals surface area (Å²) in [5, 5.41) is 17.1. The van der Waals surface area contributed by atoms with Crippen LogP contribution in [-0.4, -0.2) is 29.4 Å². The normalized spacial score (nSPS) is 10.1. The molecule has 0 aliphatic heterocycles. The van der Waals surface area contributed by atoms with E-state index in [0.29, 0.717) is 13.0 Å². The van der Waals surface area contributed by atoms with Crippen LogP contribution >= 0.6 is 0 Å². The summed E-state index contributed by atoms with van der Waals surface area (Å²) in [5.41, 5.74) is 1.09. The second-order valence-electron chi connectivity index (χ2n) is 3.46. The molecule has 0 amide bonds. The maximum Gasteiger partial charge on any atom is 0.303 e. The summed E-state index contributed by atoms with van der Waals surface area (Å²) in [6.45, 7) is 0.290. The van der Waals surface area contributed by atoms with Crippen molar-refractivity contribution < 1.29 is 19.7 Å². The maximum absolute atomic E-state index is 10.3. The summed E-state index contributed by atoms with van der Waals surface area (Å²) >= 11 is 0. The van der Waals surface area contributed by atoms with E-state index in [1.54, 1.807) is 0 Å². The van der Waals surface area contributed by atoms with E-state index in [2.05, 4.69) is 0 Å². The Labute approximate surface area is 94.5 Å². The summed E-state index contributed by atoms with van der Waals surface area (Å²) < 4.78 is 5.21. The lowest BCUT2D eigenvalue weighted by Gasteiger charge is -2.05. The summed E-state index contributed by atoms with van der Waals surface area (Å²) in [6.07, 6.45) is 1.60. The molecule has 0 atom stereocenters. The van der Waals surface area contributed by atoms with Crippen molar-refractivity contribution >= 4 is 5.97 Å². The SMILES string of the molecule is O=C(O)CCCc1ccc(OCCO)cc1. The van der Waals surface area contributed by atoms with Crippen LogP contribution < -0.4 is 4.74 Å². The molecule has 0 radical (unpaired) electrons. The lowest BCUT2D eigenvalue weighted by Crippen LogP contribution is -2.01. The minimum Gasteiger partial charge on any atom is -0.491 e. The Morgan fingerprint density at radius 1 is 1.25 bits per heavy atom. The molecule has 0 aliphatic rings. The van der Waals surface area contributed by atoms with E-state index in [0.717, 1.165) is 17.7 Å². The Morgan fingerprint density at radius 2 is 1.94 bits per heavy atom. The molecule has 0 unspecified atom stereocenters. The first kappa shape index (κ1) is 12.5. The molecular formula is C12H16O4. The van der Waals surface area contributed by atoms with Crippen LogP contribution in [0.3, 0.4) is 0 Å². The van der Waals surface area contributed by atoms with Crippen LogP contribution in [0.25, 0.3) is 0 Å². The largest absolute Gasteiger partial charge is 0.491 e. The van der Waals surface area contributed by atoms with Gasteiger partial charge in [-0.1, -0.05) is 12.1 Å². The van der Waals surface area contributed by atoms with Gasteiger partial charge in [-0.05, 0) is 30.5 Å². The fourth-order valence-electron chi connectivity index (χ4n) is 1.36. The van der Waals surface area contributed by atoms with Crippen LogP contribution in [0.5, 0.6) is 5.75 Å². The summed E-state index contributed by atoms with van der Waals surface area (Å²) in [7, 11) is 0. The van der Waals surface area contributed by atoms with Gasteiger partial charge < -0.3 is 14.9 Å². The van der Waals surface area contributed by atoms with Gasteiger partial charge in [0.2, 0.25) is 0 Å². The molecule has 0 bridgehead atoms. The van der Waals surface area contributed by atoms with E-state index < -0.39 is 5.97 Å². The van der Waals surface area contributed by atoms with Crippen molar-refractivity contribution in [2.75, 3.05) is 13.2 Å². The molecule has 4 nitrogen and oxygen atoms in total. The van der Waals surface area contributed by atoms with E-state index in [1.165, 1.54) is 0 Å². The van der Waals surface area contributed by atoms with Gasteiger partial charge in [-0.3, -0.25) is 4.79 Å². The van der Waals surface area contributed by atoms with Gasteiger partial charge in [-0.2, -0.15) is 0 Å². The number of hydrogen-bond acceptors (Lipinski definition) is 3. The molecular weight excluding hydrogens is 208 g/mol. The van der Waals surface area contributed by atoms with Crippen molar-refractivity contribution in [3.63, 3.8) is 0 Å². The van der Waals surface area contributed by atoms with Crippen LogP contribution in [0.4, 0.5) is 0 Å². The van der Waals surface area contributed by atoms with Gasteiger partial charge in [-0.25, -0.2) is 0 Å². The Kier molecular flexibility index (Phi) is 5.36. The third-order valence-electron chi connectivity index (χ3n) is 2.14. The molecule has 1 aromatic rings. The van der Waals surface area contributed by atoms with Crippen LogP contribution in [0.2, 0.25) is 0 Å². The lowest BCUT2D eigenvalue weighted by molar-refractivity contribution is -0.137. The molecule has 88 valence electrons. The van der Waals surface area contributed by atoms with Gasteiger partial charge in [0.15, 0.2) is 0 Å². The van der Waals surface area contributed by atoms with Crippen molar-refractivity contribution in [1.29, 1.82) is 0 Å². The van der Waals surface area contributed by atoms with Crippen LogP contribution in [0.15, 0.2) is 24.3 Å². The number of hydrogen-bond donors (Lipinski definition) is 2. The highest BCUT2D eigenvalue weighted by molar-refractivity contribution is 5.66. The van der Waals surface area contributed by atoms with Crippen molar-refractivity contribution in [3.8, 4) is 5.75 Å². The van der Waals surface area contributed by atoms with Gasteiger partial charge in [0.1, 0.15) is 12.4 Å². The zero-order valence-electron chi connectivity index (χ0n) is 9.06. The van der Waals surface area contributed by atoms with Gasteiger partial charge in [0.05, 0.1) is 6.61 Å². The summed E-state index contributed by atoms with van der Waals surface area (Å²) in [5.74, 6) is -0.0427. The van der Waals surface area contributed by atoms with E-state index >= 15 is 0 Å². The number of ether oxygens (including phenoxy) is 1. The number of aryl methyl sites for hydroxylation is 1. The topological polar surface area (TPSA) is 66.8 Å². The monoisotopic (exact) mass is 224 g/mol. The highest BCUT2D eigenvalue weighted by atomic mass is 16.5. The van der Waals surface area contributed by atoms with Gasteiger partial charge in [0, 0.05) is 6.42 Å². The Bertz CT molecular complexity index is 318. The molecule has 2 N–H and O–H groups in total. The molecule has 4 heteroatoms. The first-order chi connectivity index (χ1) is 7.72. The molecule has 1 aromatic carbocycles. The van der Waals surface area contributed by atoms with E-state index in [4.69, 9.17) is 14.9 Å². The molecule has 0 spiro atoms. The molecule has 0 saturated carbocycles. The summed E-state index contributed by atoms with van der Waals surface area (Å²) in [4.78, 5) is 10.3. The number of aliphatic carboxylic acids is 1. The average molecular weight is 224 g/mol. The van der Waals surface area contributed by atoms with Crippen LogP contribution in [-0.2, 0) is 11.2 Å². The number of rotatable bonds is 7. The minimum atomic E-state index is -0.761. The minimum absolute atomic E-state index is 0.000360. The first-order valence-corrected chi connectivity index (χ1v) is 5.27. The predicted octanol–water partition coefficient (Wildman–Crippen LogP) is 1.47. The van der Waals surface area contributed by atoms with Crippen molar-refractivity contribution in [2.24, 2.45) is 0 Å². The Hall–Kier alpha value is -1.55. The van der Waals surface area contributed by atoms with Gasteiger partial charge >= 0.3 is 5.97 Å². The molecule has 16 heavy (non-hydrogen) atoms. The number of carbonyl (C=O) groups is 1. The smallest absolute Gasteiger partial charge is 0.303 e. The standard InChI is InChI=1S/C12H16O4/c13-8-9-16-11-6-4-10(5-7-11)2-1-3-12(14)15/h4-7,13H,1-3,8-9H2,(H,14,15). The molecule has 0 aromatic heterocycles. The van der Waals surface area contributed by atoms with Gasteiger partial charge in [0.25, 0.3) is 0 Å². The highest BCUT2D eigenvalue weighted by Crippen LogP contribution is 2.13. The molecule has 1 rings (SSSR count). The van der Waals surface area contributed by atoms with Crippen molar-refractivity contribution in [3.05, 3.63) is 29.8 Å². The Balaban J connectivity index is 2.36. The summed E-state index contributed by atoms with van der Waals surface area (Å²) in [6, 6.07) is 7.47. The van der Waals surface area contributed by atoms with Crippen molar-refractivity contribution in [1.82, 2.24) is 0 Å². The zero-order valence-corrected chi connectivity index (χ0v) is 9.06. The van der Waals surface area contributed by atoms with E-state index in [9.17, 15) is 4.79 Å². The number of aliphatic hydroxyl groups excluding tert-OH is 1. The zero-order chi connectivity index (χ0) is 11.8. The molecule has 0 saturated heterocycles. The predicted molar refractivity (Wildman–Crippen MR) is 59.6 cm³/mol. The second-order valence-corrected chi connectivity index (χ2v) is 3.46. The maximum atomic E-state index is 10.3. The number of carboxylic acids is 1. The number of aliphatic hydroxyl groups is 1. The molecule has 0 heterocycles. The van der Waals surface area contributed by atoms with Crippen LogP contribution in [0.1, 0.15) is 18.4 Å². The van der Waals surface area contributed by atoms with E-state index in [-0.39, 0.29) is 13.0 Å². The number of carboxylic acid groups (broad SMARTS) is 1. The van der Waals surface area contributed by atoms with Crippen molar-refractivity contribution in [2.45, 2.75) is 19.3 Å². The second kappa shape index (κ2) is 6.85. The lowest BCUT2D eigenvalue weighted by atomic mass is 10.1. The third-order valence-corrected chi connectivity index (χ3v) is 2.14. The quantitative estimate of drug-likeness (QED) is 0.736. The van der Waals surface area contributed by atoms with E-state index in [1.807, 2.05) is 24.3 Å². The molecule has 0 fully saturated rings. The third kappa shape index (κ3) is 4.79. The fraction of sp³-hybridized carbons (Fsp3) is 0.417. The first-order valence-electron chi connectivity index (χ1n) is 5.27. The number of benzene rings is 1. The average Bonchev–Trinajstić information content (AvgIpc) is 2.27. The molecule has 0 aliphatic carbocycles.